The predicted octanol–water partition coefficient (Wildman–Crippen LogP) is 5.98. The van der Waals surface area contributed by atoms with E-state index in [1.54, 1.807) is 0 Å². The highest BCUT2D eigenvalue weighted by Gasteiger charge is 2.56. The molecule has 0 heterocycles. The van der Waals surface area contributed by atoms with Gasteiger partial charge in [-0.15, -0.1) is 0 Å². The van der Waals surface area contributed by atoms with Crippen molar-refractivity contribution in [2.75, 3.05) is 0 Å². The molecule has 112 valence electrons. The monoisotopic (exact) mass is 272 g/mol. The molecule has 0 nitrogen and oxygen atoms in total. The molecule has 1 unspecified atom stereocenters. The number of rotatable bonds is 0. The zero-order valence-corrected chi connectivity index (χ0v) is 13.8. The molecule has 20 heavy (non-hydrogen) atoms. The molecule has 4 aliphatic rings. The second-order valence-electron chi connectivity index (χ2n) is 9.00. The Morgan fingerprint density at radius 1 is 1.00 bits per heavy atom. The average molecular weight is 272 g/mol. The van der Waals surface area contributed by atoms with Gasteiger partial charge in [0, 0.05) is 0 Å². The van der Waals surface area contributed by atoms with Crippen molar-refractivity contribution < 1.29 is 0 Å². The summed E-state index contributed by atoms with van der Waals surface area (Å²) in [4.78, 5) is 0. The molecule has 3 fully saturated rings. The van der Waals surface area contributed by atoms with Gasteiger partial charge in [-0.3, -0.25) is 0 Å². The Morgan fingerprint density at radius 3 is 2.70 bits per heavy atom. The van der Waals surface area contributed by atoms with Crippen molar-refractivity contribution in [1.82, 2.24) is 0 Å². The zero-order valence-electron chi connectivity index (χ0n) is 13.8. The first kappa shape index (κ1) is 13.4. The van der Waals surface area contributed by atoms with Crippen molar-refractivity contribution >= 4 is 0 Å². The SMILES string of the molecule is CC1CCCC2=CC[C@@H]3[C@@H](CC[C@]4(C)CCC[C@@H]34)[C@]21C. The van der Waals surface area contributed by atoms with Crippen LogP contribution in [0, 0.1) is 34.5 Å². The molecule has 0 bridgehead atoms. The highest BCUT2D eigenvalue weighted by Crippen LogP contribution is 2.65. The first-order valence-electron chi connectivity index (χ1n) is 9.25. The molecule has 0 radical (unpaired) electrons. The lowest BCUT2D eigenvalue weighted by atomic mass is 9.46. The fourth-order valence-electron chi connectivity index (χ4n) is 7.04. The van der Waals surface area contributed by atoms with E-state index in [1.165, 1.54) is 57.8 Å². The first-order chi connectivity index (χ1) is 9.56. The standard InChI is InChI=1S/C20H32/c1-14-6-4-7-15-9-10-16-17-8-5-12-19(17,2)13-11-18(16)20(14,15)3/h9,14,16-18H,4-8,10-13H2,1-3H3/t14?,16-,17-,18+,19-,20-/m0/s1. The van der Waals surface area contributed by atoms with E-state index in [9.17, 15) is 0 Å². The minimum Gasteiger partial charge on any atom is -0.0845 e. The summed E-state index contributed by atoms with van der Waals surface area (Å²) in [5.41, 5.74) is 3.13. The Bertz CT molecular complexity index is 433. The van der Waals surface area contributed by atoms with E-state index in [0.29, 0.717) is 10.8 Å². The van der Waals surface area contributed by atoms with Crippen LogP contribution in [-0.2, 0) is 0 Å². The zero-order chi connectivity index (χ0) is 14.0. The topological polar surface area (TPSA) is 0 Å². The Balaban J connectivity index is 1.72. The van der Waals surface area contributed by atoms with Crippen LogP contribution in [0.5, 0.6) is 0 Å². The van der Waals surface area contributed by atoms with E-state index in [-0.39, 0.29) is 0 Å². The summed E-state index contributed by atoms with van der Waals surface area (Å²) in [5.74, 6) is 3.99. The van der Waals surface area contributed by atoms with E-state index in [0.717, 1.165) is 23.7 Å². The van der Waals surface area contributed by atoms with Gasteiger partial charge in [-0.2, -0.15) is 0 Å². The normalized spacial score (nSPS) is 54.6. The van der Waals surface area contributed by atoms with Crippen LogP contribution < -0.4 is 0 Å². The lowest BCUT2D eigenvalue weighted by Gasteiger charge is -2.59. The summed E-state index contributed by atoms with van der Waals surface area (Å²) >= 11 is 0. The fourth-order valence-corrected chi connectivity index (χ4v) is 7.04. The van der Waals surface area contributed by atoms with Gasteiger partial charge < -0.3 is 0 Å². The van der Waals surface area contributed by atoms with Crippen molar-refractivity contribution in [2.45, 2.75) is 78.6 Å². The van der Waals surface area contributed by atoms with Gasteiger partial charge in [0.05, 0.1) is 0 Å². The second-order valence-corrected chi connectivity index (χ2v) is 9.00. The summed E-state index contributed by atoms with van der Waals surface area (Å²) in [6, 6.07) is 0. The minimum atomic E-state index is 0.561. The second kappa shape index (κ2) is 4.37. The fraction of sp³-hybridized carbons (Fsp3) is 0.900. The smallest absolute Gasteiger partial charge is 0.00597 e. The third kappa shape index (κ3) is 1.60. The van der Waals surface area contributed by atoms with Gasteiger partial charge in [0.1, 0.15) is 0 Å². The number of allylic oxidation sites excluding steroid dienone is 2. The molecule has 0 aromatic carbocycles. The predicted molar refractivity (Wildman–Crippen MR) is 85.5 cm³/mol. The maximum Gasteiger partial charge on any atom is -0.00597 e. The van der Waals surface area contributed by atoms with Gasteiger partial charge in [0.25, 0.3) is 0 Å². The van der Waals surface area contributed by atoms with E-state index >= 15 is 0 Å². The van der Waals surface area contributed by atoms with Crippen LogP contribution in [0.2, 0.25) is 0 Å². The van der Waals surface area contributed by atoms with Crippen molar-refractivity contribution in [3.63, 3.8) is 0 Å². The summed E-state index contributed by atoms with van der Waals surface area (Å²) < 4.78 is 0. The van der Waals surface area contributed by atoms with Crippen molar-refractivity contribution in [3.8, 4) is 0 Å². The van der Waals surface area contributed by atoms with Crippen LogP contribution >= 0.6 is 0 Å². The van der Waals surface area contributed by atoms with Gasteiger partial charge >= 0.3 is 0 Å². The molecule has 0 heteroatoms. The van der Waals surface area contributed by atoms with Crippen molar-refractivity contribution in [1.29, 1.82) is 0 Å². The molecule has 3 saturated carbocycles. The maximum absolute atomic E-state index is 2.71. The molecule has 0 aromatic rings. The van der Waals surface area contributed by atoms with Crippen LogP contribution in [-0.4, -0.2) is 0 Å². The van der Waals surface area contributed by atoms with E-state index < -0.39 is 0 Å². The van der Waals surface area contributed by atoms with Gasteiger partial charge in [-0.05, 0) is 85.9 Å². The lowest BCUT2D eigenvalue weighted by Crippen LogP contribution is -2.50. The molecule has 4 aliphatic carbocycles. The Morgan fingerprint density at radius 2 is 1.85 bits per heavy atom. The number of hydrogen-bond donors (Lipinski definition) is 0. The summed E-state index contributed by atoms with van der Waals surface area (Å²) in [7, 11) is 0. The quantitative estimate of drug-likeness (QED) is 0.476. The molecule has 0 aromatic heterocycles. The third-order valence-corrected chi connectivity index (χ3v) is 8.42. The average Bonchev–Trinajstić information content (AvgIpc) is 2.82. The molecule has 0 amide bonds. The summed E-state index contributed by atoms with van der Waals surface area (Å²) in [5, 5.41) is 0. The van der Waals surface area contributed by atoms with E-state index in [2.05, 4.69) is 26.8 Å². The number of fused-ring (bicyclic) bond motifs is 5. The minimum absolute atomic E-state index is 0.561. The lowest BCUT2D eigenvalue weighted by molar-refractivity contribution is -0.0446. The molecular formula is C20H32. The van der Waals surface area contributed by atoms with Crippen LogP contribution in [0.1, 0.15) is 78.6 Å². The van der Waals surface area contributed by atoms with Crippen LogP contribution in [0.4, 0.5) is 0 Å². The van der Waals surface area contributed by atoms with Gasteiger partial charge in [0.15, 0.2) is 0 Å². The molecule has 0 aliphatic heterocycles. The van der Waals surface area contributed by atoms with Crippen molar-refractivity contribution in [3.05, 3.63) is 11.6 Å². The Labute approximate surface area is 125 Å². The van der Waals surface area contributed by atoms with Gasteiger partial charge in [-0.25, -0.2) is 0 Å². The molecule has 4 rings (SSSR count). The first-order valence-corrected chi connectivity index (χ1v) is 9.25. The highest BCUT2D eigenvalue weighted by molar-refractivity contribution is 5.25. The number of hydrogen-bond acceptors (Lipinski definition) is 0. The van der Waals surface area contributed by atoms with E-state index in [4.69, 9.17) is 0 Å². The molecule has 0 saturated heterocycles. The largest absolute Gasteiger partial charge is 0.0845 e. The Hall–Kier alpha value is -0.260. The van der Waals surface area contributed by atoms with Gasteiger partial charge in [-0.1, -0.05) is 38.8 Å². The van der Waals surface area contributed by atoms with Gasteiger partial charge in [0.2, 0.25) is 0 Å². The van der Waals surface area contributed by atoms with Crippen LogP contribution in [0.25, 0.3) is 0 Å². The Kier molecular flexibility index (Phi) is 2.93. The van der Waals surface area contributed by atoms with E-state index in [1.807, 2.05) is 5.57 Å². The maximum atomic E-state index is 2.71. The molecule has 6 atom stereocenters. The molecule has 0 N–H and O–H groups in total. The summed E-state index contributed by atoms with van der Waals surface area (Å²) in [6.45, 7) is 7.82. The molecule has 0 spiro atoms. The molecular weight excluding hydrogens is 240 g/mol. The summed E-state index contributed by atoms with van der Waals surface area (Å²) in [6.07, 6.45) is 16.1. The van der Waals surface area contributed by atoms with Crippen molar-refractivity contribution in [2.24, 2.45) is 34.5 Å². The van der Waals surface area contributed by atoms with Crippen LogP contribution in [0.15, 0.2) is 11.6 Å². The van der Waals surface area contributed by atoms with Crippen LogP contribution in [0.3, 0.4) is 0 Å². The highest BCUT2D eigenvalue weighted by atomic mass is 14.6. The third-order valence-electron chi connectivity index (χ3n) is 8.42.